The number of carboxylic acids is 1. The minimum Gasteiger partial charge on any atom is -0.480 e. The van der Waals surface area contributed by atoms with Gasteiger partial charge in [-0.15, -0.1) is 0 Å². The van der Waals surface area contributed by atoms with Crippen LogP contribution in [-0.2, 0) is 4.79 Å². The summed E-state index contributed by atoms with van der Waals surface area (Å²) >= 11 is 0. The molecule has 0 spiro atoms. The quantitative estimate of drug-likeness (QED) is 0.522. The Morgan fingerprint density at radius 3 is 2.11 bits per heavy atom. The van der Waals surface area contributed by atoms with E-state index in [-0.39, 0.29) is 6.04 Å². The van der Waals surface area contributed by atoms with E-state index in [2.05, 4.69) is 26.1 Å². The van der Waals surface area contributed by atoms with Gasteiger partial charge >= 0.3 is 5.97 Å². The zero-order valence-electron chi connectivity index (χ0n) is 12.4. The SMILES string of the molecule is CCCCCCCCCNC(CC(C)C)C(=O)O. The van der Waals surface area contributed by atoms with Crippen molar-refractivity contribution in [3.63, 3.8) is 0 Å². The van der Waals surface area contributed by atoms with Crippen molar-refractivity contribution in [2.45, 2.75) is 78.2 Å². The van der Waals surface area contributed by atoms with Crippen LogP contribution < -0.4 is 5.32 Å². The third-order valence-corrected chi connectivity index (χ3v) is 3.18. The molecule has 0 rings (SSSR count). The van der Waals surface area contributed by atoms with Gasteiger partial charge in [0, 0.05) is 0 Å². The Morgan fingerprint density at radius 1 is 1.06 bits per heavy atom. The fraction of sp³-hybridized carbons (Fsp3) is 0.933. The Balaban J connectivity index is 3.47. The van der Waals surface area contributed by atoms with E-state index in [0.29, 0.717) is 12.3 Å². The first-order valence-corrected chi connectivity index (χ1v) is 7.54. The molecule has 0 fully saturated rings. The van der Waals surface area contributed by atoms with E-state index in [1.807, 2.05) is 0 Å². The number of nitrogens with one attached hydrogen (secondary N) is 1. The number of hydrogen-bond acceptors (Lipinski definition) is 2. The summed E-state index contributed by atoms with van der Waals surface area (Å²) in [6, 6.07) is -0.370. The molecule has 3 nitrogen and oxygen atoms in total. The number of carbonyl (C=O) groups is 1. The molecule has 0 aliphatic carbocycles. The van der Waals surface area contributed by atoms with Crippen LogP contribution in [0.1, 0.15) is 72.1 Å². The standard InChI is InChI=1S/C15H31NO2/c1-4-5-6-7-8-9-10-11-16-14(15(17)18)12-13(2)3/h13-14,16H,4-12H2,1-3H3,(H,17,18). The molecular weight excluding hydrogens is 226 g/mol. The molecule has 0 aromatic carbocycles. The Labute approximate surface area is 112 Å². The monoisotopic (exact) mass is 257 g/mol. The lowest BCUT2D eigenvalue weighted by Crippen LogP contribution is -2.38. The molecule has 1 atom stereocenters. The fourth-order valence-electron chi connectivity index (χ4n) is 2.10. The molecule has 0 aromatic rings. The molecule has 2 N–H and O–H groups in total. The summed E-state index contributed by atoms with van der Waals surface area (Å²) in [4.78, 5) is 11.0. The molecule has 3 heteroatoms. The van der Waals surface area contributed by atoms with Crippen LogP contribution in [-0.4, -0.2) is 23.7 Å². The summed E-state index contributed by atoms with van der Waals surface area (Å²) in [5.41, 5.74) is 0. The maximum atomic E-state index is 11.0. The van der Waals surface area contributed by atoms with Crippen LogP contribution in [0.3, 0.4) is 0 Å². The summed E-state index contributed by atoms with van der Waals surface area (Å²) in [7, 11) is 0. The van der Waals surface area contributed by atoms with Crippen molar-refractivity contribution in [1.82, 2.24) is 5.32 Å². The summed E-state index contributed by atoms with van der Waals surface area (Å²) in [6.45, 7) is 7.18. The van der Waals surface area contributed by atoms with Crippen molar-refractivity contribution >= 4 is 5.97 Å². The van der Waals surface area contributed by atoms with Crippen molar-refractivity contribution < 1.29 is 9.90 Å². The van der Waals surface area contributed by atoms with Crippen molar-refractivity contribution in [3.05, 3.63) is 0 Å². The van der Waals surface area contributed by atoms with E-state index in [4.69, 9.17) is 5.11 Å². The minimum absolute atomic E-state index is 0.370. The largest absolute Gasteiger partial charge is 0.480 e. The molecule has 0 aromatic heterocycles. The van der Waals surface area contributed by atoms with E-state index >= 15 is 0 Å². The molecular formula is C15H31NO2. The maximum Gasteiger partial charge on any atom is 0.320 e. The Kier molecular flexibility index (Phi) is 11.2. The number of aliphatic carboxylic acids is 1. The minimum atomic E-state index is -0.716. The number of carboxylic acid groups (broad SMARTS) is 1. The highest BCUT2D eigenvalue weighted by molar-refractivity contribution is 5.73. The molecule has 0 amide bonds. The molecule has 0 bridgehead atoms. The van der Waals surface area contributed by atoms with Gasteiger partial charge in [-0.25, -0.2) is 0 Å². The van der Waals surface area contributed by atoms with Gasteiger partial charge in [-0.1, -0.05) is 59.3 Å². The molecule has 0 saturated carbocycles. The summed E-state index contributed by atoms with van der Waals surface area (Å²) in [6.07, 6.45) is 9.59. The van der Waals surface area contributed by atoms with E-state index < -0.39 is 5.97 Å². The average molecular weight is 257 g/mol. The summed E-state index contributed by atoms with van der Waals surface area (Å²) in [5.74, 6) is -0.292. The lowest BCUT2D eigenvalue weighted by molar-refractivity contribution is -0.139. The van der Waals surface area contributed by atoms with Crippen molar-refractivity contribution in [3.8, 4) is 0 Å². The van der Waals surface area contributed by atoms with Crippen molar-refractivity contribution in [2.75, 3.05) is 6.54 Å². The lowest BCUT2D eigenvalue weighted by atomic mass is 10.0. The molecule has 18 heavy (non-hydrogen) atoms. The van der Waals surface area contributed by atoms with Crippen LogP contribution >= 0.6 is 0 Å². The smallest absolute Gasteiger partial charge is 0.320 e. The third-order valence-electron chi connectivity index (χ3n) is 3.18. The first-order chi connectivity index (χ1) is 8.57. The Hall–Kier alpha value is -0.570. The normalized spacial score (nSPS) is 12.9. The highest BCUT2D eigenvalue weighted by atomic mass is 16.4. The van der Waals surface area contributed by atoms with Crippen molar-refractivity contribution in [1.29, 1.82) is 0 Å². The van der Waals surface area contributed by atoms with Crippen LogP contribution in [0.2, 0.25) is 0 Å². The van der Waals surface area contributed by atoms with Gasteiger partial charge in [0.1, 0.15) is 6.04 Å². The Morgan fingerprint density at radius 2 is 1.61 bits per heavy atom. The molecule has 1 unspecified atom stereocenters. The summed E-state index contributed by atoms with van der Waals surface area (Å²) < 4.78 is 0. The van der Waals surface area contributed by atoms with Gasteiger partial charge in [0.25, 0.3) is 0 Å². The van der Waals surface area contributed by atoms with Gasteiger partial charge in [0.2, 0.25) is 0 Å². The van der Waals surface area contributed by atoms with Crippen LogP contribution in [0.5, 0.6) is 0 Å². The molecule has 0 aliphatic heterocycles. The third kappa shape index (κ3) is 10.6. The highest BCUT2D eigenvalue weighted by Crippen LogP contribution is 2.08. The predicted molar refractivity (Wildman–Crippen MR) is 76.9 cm³/mol. The molecule has 0 aliphatic rings. The van der Waals surface area contributed by atoms with E-state index in [1.165, 1.54) is 38.5 Å². The van der Waals surface area contributed by atoms with Gasteiger partial charge < -0.3 is 10.4 Å². The second-order valence-corrected chi connectivity index (χ2v) is 5.60. The van der Waals surface area contributed by atoms with Crippen LogP contribution in [0.4, 0.5) is 0 Å². The average Bonchev–Trinajstić information content (AvgIpc) is 2.30. The molecule has 0 saturated heterocycles. The summed E-state index contributed by atoms with van der Waals surface area (Å²) in [5, 5.41) is 12.2. The van der Waals surface area contributed by atoms with E-state index in [9.17, 15) is 4.79 Å². The maximum absolute atomic E-state index is 11.0. The fourth-order valence-corrected chi connectivity index (χ4v) is 2.10. The van der Waals surface area contributed by atoms with Crippen LogP contribution in [0.15, 0.2) is 0 Å². The zero-order valence-corrected chi connectivity index (χ0v) is 12.4. The second kappa shape index (κ2) is 11.5. The van der Waals surface area contributed by atoms with Gasteiger partial charge in [-0.3, -0.25) is 4.79 Å². The van der Waals surface area contributed by atoms with E-state index in [1.54, 1.807) is 0 Å². The van der Waals surface area contributed by atoms with Gasteiger partial charge in [-0.05, 0) is 25.3 Å². The second-order valence-electron chi connectivity index (χ2n) is 5.60. The van der Waals surface area contributed by atoms with Crippen molar-refractivity contribution in [2.24, 2.45) is 5.92 Å². The predicted octanol–water partition coefficient (Wildman–Crippen LogP) is 3.83. The topological polar surface area (TPSA) is 49.3 Å². The molecule has 0 heterocycles. The van der Waals surface area contributed by atoms with Crippen LogP contribution in [0, 0.1) is 5.92 Å². The number of hydrogen-bond donors (Lipinski definition) is 2. The van der Waals surface area contributed by atoms with Gasteiger partial charge in [-0.2, -0.15) is 0 Å². The number of rotatable bonds is 12. The van der Waals surface area contributed by atoms with Gasteiger partial charge in [0.15, 0.2) is 0 Å². The van der Waals surface area contributed by atoms with Gasteiger partial charge in [0.05, 0.1) is 0 Å². The molecule has 0 radical (unpaired) electrons. The van der Waals surface area contributed by atoms with E-state index in [0.717, 1.165) is 13.0 Å². The first-order valence-electron chi connectivity index (χ1n) is 7.54. The Bertz CT molecular complexity index is 205. The number of unbranched alkanes of at least 4 members (excludes halogenated alkanes) is 6. The molecule has 108 valence electrons. The lowest BCUT2D eigenvalue weighted by Gasteiger charge is -2.16. The van der Waals surface area contributed by atoms with Crippen LogP contribution in [0.25, 0.3) is 0 Å². The highest BCUT2D eigenvalue weighted by Gasteiger charge is 2.17. The zero-order chi connectivity index (χ0) is 13.8. The first kappa shape index (κ1) is 17.4.